The van der Waals surface area contributed by atoms with Gasteiger partial charge < -0.3 is 5.32 Å². The lowest BCUT2D eigenvalue weighted by Crippen LogP contribution is -2.17. The van der Waals surface area contributed by atoms with Gasteiger partial charge in [-0.05, 0) is 59.8 Å². The molecule has 0 bridgehead atoms. The topological polar surface area (TPSA) is 12.0 Å². The molecule has 15 heavy (non-hydrogen) atoms. The molecular formula is C12H15BrFN. The Labute approximate surface area is 98.2 Å². The van der Waals surface area contributed by atoms with Crippen LogP contribution in [-0.4, -0.2) is 12.6 Å². The lowest BCUT2D eigenvalue weighted by Gasteiger charge is -2.05. The van der Waals surface area contributed by atoms with Gasteiger partial charge in [-0.15, -0.1) is 0 Å². The van der Waals surface area contributed by atoms with Crippen molar-refractivity contribution in [2.24, 2.45) is 0 Å². The number of hydrogen-bond donors (Lipinski definition) is 1. The minimum atomic E-state index is -0.164. The molecule has 0 atom stereocenters. The van der Waals surface area contributed by atoms with Crippen LogP contribution in [0.1, 0.15) is 24.8 Å². The normalized spacial score (nSPS) is 15.6. The van der Waals surface area contributed by atoms with Crippen molar-refractivity contribution >= 4 is 15.9 Å². The molecule has 0 spiro atoms. The van der Waals surface area contributed by atoms with E-state index < -0.39 is 0 Å². The van der Waals surface area contributed by atoms with Crippen LogP contribution in [0.4, 0.5) is 4.39 Å². The second kappa shape index (κ2) is 5.08. The third kappa shape index (κ3) is 3.28. The highest BCUT2D eigenvalue weighted by atomic mass is 79.9. The Kier molecular flexibility index (Phi) is 3.76. The molecule has 1 aliphatic rings. The zero-order chi connectivity index (χ0) is 10.7. The standard InChI is InChI=1S/C12H15BrFN/c13-12-9(3-1-5-11(12)14)4-2-8-15-10-6-7-10/h1,3,5,10,15H,2,4,6-8H2. The number of benzene rings is 1. The van der Waals surface area contributed by atoms with Crippen LogP contribution in [0.25, 0.3) is 0 Å². The van der Waals surface area contributed by atoms with E-state index in [2.05, 4.69) is 21.2 Å². The first-order chi connectivity index (χ1) is 7.27. The van der Waals surface area contributed by atoms with Gasteiger partial charge in [-0.1, -0.05) is 12.1 Å². The largest absolute Gasteiger partial charge is 0.314 e. The number of halogens is 2. The maximum Gasteiger partial charge on any atom is 0.137 e. The van der Waals surface area contributed by atoms with E-state index in [0.29, 0.717) is 4.47 Å². The predicted octanol–water partition coefficient (Wildman–Crippen LogP) is 3.27. The van der Waals surface area contributed by atoms with Gasteiger partial charge in [0.25, 0.3) is 0 Å². The van der Waals surface area contributed by atoms with Crippen molar-refractivity contribution in [1.82, 2.24) is 5.32 Å². The van der Waals surface area contributed by atoms with Gasteiger partial charge in [-0.2, -0.15) is 0 Å². The first-order valence-electron chi connectivity index (χ1n) is 5.43. The van der Waals surface area contributed by atoms with Crippen molar-refractivity contribution in [1.29, 1.82) is 0 Å². The van der Waals surface area contributed by atoms with Crippen LogP contribution in [0.2, 0.25) is 0 Å². The van der Waals surface area contributed by atoms with E-state index in [-0.39, 0.29) is 5.82 Å². The SMILES string of the molecule is Fc1cccc(CCCNC2CC2)c1Br. The average Bonchev–Trinajstić information content (AvgIpc) is 3.02. The summed E-state index contributed by atoms with van der Waals surface area (Å²) < 4.78 is 13.8. The summed E-state index contributed by atoms with van der Waals surface area (Å²) in [5, 5.41) is 3.45. The molecule has 2 rings (SSSR count). The van der Waals surface area contributed by atoms with Crippen molar-refractivity contribution in [3.63, 3.8) is 0 Å². The summed E-state index contributed by atoms with van der Waals surface area (Å²) in [4.78, 5) is 0. The number of nitrogens with one attached hydrogen (secondary N) is 1. The fraction of sp³-hybridized carbons (Fsp3) is 0.500. The van der Waals surface area contributed by atoms with E-state index in [1.165, 1.54) is 18.9 Å². The summed E-state index contributed by atoms with van der Waals surface area (Å²) >= 11 is 3.28. The minimum absolute atomic E-state index is 0.164. The molecule has 3 heteroatoms. The minimum Gasteiger partial charge on any atom is -0.314 e. The molecule has 0 amide bonds. The first kappa shape index (κ1) is 11.1. The van der Waals surface area contributed by atoms with Crippen LogP contribution in [0.5, 0.6) is 0 Å². The Balaban J connectivity index is 1.78. The molecule has 0 unspecified atom stereocenters. The van der Waals surface area contributed by atoms with Crippen LogP contribution in [0.3, 0.4) is 0 Å². The highest BCUT2D eigenvalue weighted by Gasteiger charge is 2.19. The van der Waals surface area contributed by atoms with Crippen molar-refractivity contribution < 1.29 is 4.39 Å². The molecular weight excluding hydrogens is 257 g/mol. The lowest BCUT2D eigenvalue weighted by atomic mass is 10.1. The van der Waals surface area contributed by atoms with Crippen molar-refractivity contribution in [3.05, 3.63) is 34.1 Å². The molecule has 1 N–H and O–H groups in total. The highest BCUT2D eigenvalue weighted by molar-refractivity contribution is 9.10. The Hall–Kier alpha value is -0.410. The second-order valence-corrected chi connectivity index (χ2v) is 4.84. The molecule has 82 valence electrons. The van der Waals surface area contributed by atoms with E-state index in [0.717, 1.165) is 31.0 Å². The van der Waals surface area contributed by atoms with Gasteiger partial charge in [0.15, 0.2) is 0 Å². The predicted molar refractivity (Wildman–Crippen MR) is 63.4 cm³/mol. The highest BCUT2D eigenvalue weighted by Crippen LogP contribution is 2.22. The fourth-order valence-corrected chi connectivity index (χ4v) is 2.08. The van der Waals surface area contributed by atoms with Crippen LogP contribution >= 0.6 is 15.9 Å². The smallest absolute Gasteiger partial charge is 0.137 e. The maximum absolute atomic E-state index is 13.2. The van der Waals surface area contributed by atoms with E-state index in [9.17, 15) is 4.39 Å². The van der Waals surface area contributed by atoms with Crippen LogP contribution < -0.4 is 5.32 Å². The van der Waals surface area contributed by atoms with Crippen LogP contribution in [-0.2, 0) is 6.42 Å². The third-order valence-corrected chi connectivity index (χ3v) is 3.55. The molecule has 1 fully saturated rings. The molecule has 1 saturated carbocycles. The van der Waals surface area contributed by atoms with Gasteiger partial charge in [0, 0.05) is 6.04 Å². The molecule has 1 aromatic rings. The van der Waals surface area contributed by atoms with Gasteiger partial charge in [0.2, 0.25) is 0 Å². The number of rotatable bonds is 5. The van der Waals surface area contributed by atoms with Crippen LogP contribution in [0, 0.1) is 5.82 Å². The molecule has 1 aliphatic carbocycles. The van der Waals surface area contributed by atoms with Gasteiger partial charge in [0.1, 0.15) is 5.82 Å². The Bertz CT molecular complexity index is 336. The average molecular weight is 272 g/mol. The van der Waals surface area contributed by atoms with Gasteiger partial charge in [0.05, 0.1) is 4.47 Å². The van der Waals surface area contributed by atoms with E-state index >= 15 is 0 Å². The summed E-state index contributed by atoms with van der Waals surface area (Å²) in [5.41, 5.74) is 1.06. The van der Waals surface area contributed by atoms with Crippen molar-refractivity contribution in [3.8, 4) is 0 Å². The fourth-order valence-electron chi connectivity index (χ4n) is 1.61. The molecule has 0 aromatic heterocycles. The zero-order valence-electron chi connectivity index (χ0n) is 8.60. The Morgan fingerprint density at radius 3 is 2.93 bits per heavy atom. The number of hydrogen-bond acceptors (Lipinski definition) is 1. The lowest BCUT2D eigenvalue weighted by molar-refractivity contribution is 0.612. The Morgan fingerprint density at radius 2 is 2.20 bits per heavy atom. The Morgan fingerprint density at radius 1 is 1.40 bits per heavy atom. The zero-order valence-corrected chi connectivity index (χ0v) is 10.2. The molecule has 0 heterocycles. The molecule has 0 radical (unpaired) electrons. The molecule has 1 nitrogen and oxygen atoms in total. The van der Waals surface area contributed by atoms with Crippen molar-refractivity contribution in [2.45, 2.75) is 31.7 Å². The monoisotopic (exact) mass is 271 g/mol. The van der Waals surface area contributed by atoms with E-state index in [4.69, 9.17) is 0 Å². The van der Waals surface area contributed by atoms with E-state index in [1.807, 2.05) is 6.07 Å². The first-order valence-corrected chi connectivity index (χ1v) is 6.23. The third-order valence-electron chi connectivity index (χ3n) is 2.66. The quantitative estimate of drug-likeness (QED) is 0.811. The van der Waals surface area contributed by atoms with Crippen LogP contribution in [0.15, 0.2) is 22.7 Å². The molecule has 1 aromatic carbocycles. The van der Waals surface area contributed by atoms with E-state index in [1.54, 1.807) is 6.07 Å². The summed E-state index contributed by atoms with van der Waals surface area (Å²) in [6.07, 6.45) is 4.64. The van der Waals surface area contributed by atoms with Gasteiger partial charge >= 0.3 is 0 Å². The summed E-state index contributed by atoms with van der Waals surface area (Å²) in [5.74, 6) is -0.164. The van der Waals surface area contributed by atoms with Gasteiger partial charge in [-0.3, -0.25) is 0 Å². The number of aryl methyl sites for hydroxylation is 1. The van der Waals surface area contributed by atoms with Gasteiger partial charge in [-0.25, -0.2) is 4.39 Å². The summed E-state index contributed by atoms with van der Waals surface area (Å²) in [6.45, 7) is 1.04. The molecule has 0 saturated heterocycles. The summed E-state index contributed by atoms with van der Waals surface area (Å²) in [6, 6.07) is 5.99. The second-order valence-electron chi connectivity index (χ2n) is 4.04. The molecule has 0 aliphatic heterocycles. The summed E-state index contributed by atoms with van der Waals surface area (Å²) in [7, 11) is 0. The maximum atomic E-state index is 13.2. The van der Waals surface area contributed by atoms with Crippen molar-refractivity contribution in [2.75, 3.05) is 6.54 Å².